The molecule has 0 aromatic heterocycles. The Hall–Kier alpha value is -2.23. The lowest BCUT2D eigenvalue weighted by molar-refractivity contribution is 0.371. The van der Waals surface area contributed by atoms with E-state index in [0.717, 1.165) is 37.7 Å². The lowest BCUT2D eigenvalue weighted by atomic mass is 9.73. The van der Waals surface area contributed by atoms with Crippen LogP contribution in [0.1, 0.15) is 90.7 Å². The third-order valence-electron chi connectivity index (χ3n) is 5.86. The molecular weight excluding hydrogens is 374 g/mol. The molecule has 2 rings (SSSR count). The highest BCUT2D eigenvalue weighted by Gasteiger charge is 2.34. The molecule has 0 amide bonds. The summed E-state index contributed by atoms with van der Waals surface area (Å²) in [5.41, 5.74) is 3.30. The number of aliphatic imine (C=N–C) groups is 1. The molecule has 1 aliphatic carbocycles. The summed E-state index contributed by atoms with van der Waals surface area (Å²) in [5, 5.41) is 33.3. The molecule has 2 atom stereocenters. The van der Waals surface area contributed by atoms with Gasteiger partial charge in [0.15, 0.2) is 11.5 Å². The number of phenolic OH excluding ortho intramolecular Hbond substituents is 3. The van der Waals surface area contributed by atoms with E-state index in [2.05, 4.69) is 31.5 Å². The predicted octanol–water partition coefficient (Wildman–Crippen LogP) is 7.30. The van der Waals surface area contributed by atoms with Gasteiger partial charge >= 0.3 is 0 Å². The van der Waals surface area contributed by atoms with E-state index in [1.807, 2.05) is 27.7 Å². The van der Waals surface area contributed by atoms with Gasteiger partial charge in [0.1, 0.15) is 11.4 Å². The van der Waals surface area contributed by atoms with Crippen molar-refractivity contribution in [2.75, 3.05) is 0 Å². The van der Waals surface area contributed by atoms with Gasteiger partial charge in [-0.25, -0.2) is 0 Å². The van der Waals surface area contributed by atoms with Crippen LogP contribution >= 0.6 is 0 Å². The van der Waals surface area contributed by atoms with Crippen LogP contribution in [-0.2, 0) is 6.42 Å². The molecule has 0 fully saturated rings. The summed E-state index contributed by atoms with van der Waals surface area (Å²) in [7, 11) is 0. The molecule has 4 heteroatoms. The first-order valence-electron chi connectivity index (χ1n) is 11.2. The SMILES string of the molecule is C=C(C)C1CCC(C)=CC1c1c(O)c(O)c(CCCCC)c(N=CC(C)(C)C)c1O. The van der Waals surface area contributed by atoms with Gasteiger partial charge in [0, 0.05) is 23.3 Å². The Kier molecular flexibility index (Phi) is 7.79. The minimum absolute atomic E-state index is 0.0282. The van der Waals surface area contributed by atoms with Gasteiger partial charge < -0.3 is 15.3 Å². The fraction of sp³-hybridized carbons (Fsp3) is 0.577. The van der Waals surface area contributed by atoms with Gasteiger partial charge in [0.05, 0.1) is 0 Å². The molecular formula is C26H39NO3. The Morgan fingerprint density at radius 1 is 1.17 bits per heavy atom. The zero-order valence-electron chi connectivity index (χ0n) is 19.5. The largest absolute Gasteiger partial charge is 0.505 e. The molecule has 0 radical (unpaired) electrons. The van der Waals surface area contributed by atoms with Crippen molar-refractivity contribution in [1.82, 2.24) is 0 Å². The standard InChI is InChI=1S/C26H39NO3/c1-8-9-10-11-19-22(27-15-26(5,6)7)24(29)21(25(30)23(19)28)20-14-17(4)12-13-18(20)16(2)3/h14-15,18,20,28-30H,2,8-13H2,1,3-7H3. The third kappa shape index (κ3) is 5.47. The van der Waals surface area contributed by atoms with Gasteiger partial charge in [0.2, 0.25) is 0 Å². The van der Waals surface area contributed by atoms with Crippen molar-refractivity contribution in [3.63, 3.8) is 0 Å². The number of benzene rings is 1. The molecule has 1 aromatic rings. The number of nitrogens with zero attached hydrogens (tertiary/aromatic N) is 1. The quantitative estimate of drug-likeness (QED) is 0.144. The molecule has 0 saturated carbocycles. The number of unbranched alkanes of at least 4 members (excludes halogenated alkanes) is 2. The summed E-state index contributed by atoms with van der Waals surface area (Å²) in [5.74, 6) is -0.557. The lowest BCUT2D eigenvalue weighted by Crippen LogP contribution is -2.17. The zero-order chi connectivity index (χ0) is 22.6. The molecule has 0 bridgehead atoms. The number of aromatic hydroxyl groups is 3. The maximum absolute atomic E-state index is 11.3. The van der Waals surface area contributed by atoms with E-state index in [-0.39, 0.29) is 34.5 Å². The van der Waals surface area contributed by atoms with Crippen molar-refractivity contribution in [2.45, 2.75) is 86.0 Å². The molecule has 166 valence electrons. The van der Waals surface area contributed by atoms with Crippen LogP contribution in [0.25, 0.3) is 0 Å². The Bertz CT molecular complexity index is 843. The topological polar surface area (TPSA) is 73.0 Å². The maximum Gasteiger partial charge on any atom is 0.165 e. The summed E-state index contributed by atoms with van der Waals surface area (Å²) >= 11 is 0. The summed E-state index contributed by atoms with van der Waals surface area (Å²) < 4.78 is 0. The van der Waals surface area contributed by atoms with Crippen LogP contribution in [0.3, 0.4) is 0 Å². The van der Waals surface area contributed by atoms with Gasteiger partial charge in [-0.2, -0.15) is 0 Å². The summed E-state index contributed by atoms with van der Waals surface area (Å²) in [4.78, 5) is 4.61. The Balaban J connectivity index is 2.72. The van der Waals surface area contributed by atoms with E-state index in [1.54, 1.807) is 6.21 Å². The van der Waals surface area contributed by atoms with E-state index >= 15 is 0 Å². The summed E-state index contributed by atoms with van der Waals surface area (Å²) in [6, 6.07) is 0. The van der Waals surface area contributed by atoms with Crippen molar-refractivity contribution in [1.29, 1.82) is 0 Å². The molecule has 3 N–H and O–H groups in total. The van der Waals surface area contributed by atoms with E-state index in [9.17, 15) is 15.3 Å². The molecule has 30 heavy (non-hydrogen) atoms. The van der Waals surface area contributed by atoms with Crippen molar-refractivity contribution >= 4 is 11.9 Å². The lowest BCUT2D eigenvalue weighted by Gasteiger charge is -2.32. The molecule has 0 spiro atoms. The highest BCUT2D eigenvalue weighted by atomic mass is 16.3. The van der Waals surface area contributed by atoms with Crippen LogP contribution in [-0.4, -0.2) is 21.5 Å². The zero-order valence-corrected chi connectivity index (χ0v) is 19.5. The number of hydrogen-bond donors (Lipinski definition) is 3. The first-order chi connectivity index (χ1) is 14.0. The number of rotatable bonds is 7. The van der Waals surface area contributed by atoms with E-state index in [0.29, 0.717) is 23.2 Å². The second-order valence-corrected chi connectivity index (χ2v) is 9.90. The maximum atomic E-state index is 11.3. The predicted molar refractivity (Wildman–Crippen MR) is 126 cm³/mol. The molecule has 2 unspecified atom stereocenters. The smallest absolute Gasteiger partial charge is 0.165 e. The monoisotopic (exact) mass is 413 g/mol. The van der Waals surface area contributed by atoms with Crippen molar-refractivity contribution < 1.29 is 15.3 Å². The van der Waals surface area contributed by atoms with Crippen molar-refractivity contribution in [3.05, 3.63) is 34.9 Å². The highest BCUT2D eigenvalue weighted by Crippen LogP contribution is 2.54. The Labute approximate surface area is 182 Å². The molecule has 4 nitrogen and oxygen atoms in total. The second-order valence-electron chi connectivity index (χ2n) is 9.90. The van der Waals surface area contributed by atoms with Gasteiger partial charge in [0.25, 0.3) is 0 Å². The average molecular weight is 414 g/mol. The first kappa shape index (κ1) is 24.0. The normalized spacial score (nSPS) is 19.9. The fourth-order valence-corrected chi connectivity index (χ4v) is 4.17. The fourth-order valence-electron chi connectivity index (χ4n) is 4.17. The van der Waals surface area contributed by atoms with Gasteiger partial charge in [-0.15, -0.1) is 0 Å². The minimum Gasteiger partial charge on any atom is -0.505 e. The molecule has 0 aliphatic heterocycles. The van der Waals surface area contributed by atoms with Gasteiger partial charge in [-0.05, 0) is 50.9 Å². The van der Waals surface area contributed by atoms with E-state index < -0.39 is 0 Å². The molecule has 0 saturated heterocycles. The van der Waals surface area contributed by atoms with Crippen LogP contribution in [0, 0.1) is 11.3 Å². The minimum atomic E-state index is -0.240. The van der Waals surface area contributed by atoms with Crippen LogP contribution in [0.4, 0.5) is 5.69 Å². The van der Waals surface area contributed by atoms with E-state index in [4.69, 9.17) is 0 Å². The number of phenols is 3. The number of allylic oxidation sites excluding steroid dienone is 3. The van der Waals surface area contributed by atoms with Gasteiger partial charge in [-0.3, -0.25) is 4.99 Å². The second kappa shape index (κ2) is 9.72. The average Bonchev–Trinajstić information content (AvgIpc) is 2.64. The van der Waals surface area contributed by atoms with E-state index in [1.165, 1.54) is 5.57 Å². The van der Waals surface area contributed by atoms with Crippen molar-refractivity contribution in [3.8, 4) is 17.2 Å². The first-order valence-corrected chi connectivity index (χ1v) is 11.2. The molecule has 1 aromatic carbocycles. The summed E-state index contributed by atoms with van der Waals surface area (Å²) in [6.45, 7) is 16.4. The highest BCUT2D eigenvalue weighted by molar-refractivity contribution is 5.78. The van der Waals surface area contributed by atoms with Crippen LogP contribution in [0.2, 0.25) is 0 Å². The van der Waals surface area contributed by atoms with Crippen LogP contribution < -0.4 is 0 Å². The molecule has 1 aliphatic rings. The summed E-state index contributed by atoms with van der Waals surface area (Å²) in [6.07, 6.45) is 9.22. The van der Waals surface area contributed by atoms with Crippen LogP contribution in [0.5, 0.6) is 17.2 Å². The van der Waals surface area contributed by atoms with Crippen LogP contribution in [0.15, 0.2) is 28.8 Å². The molecule has 0 heterocycles. The third-order valence-corrected chi connectivity index (χ3v) is 5.86. The number of hydrogen-bond acceptors (Lipinski definition) is 4. The Morgan fingerprint density at radius 3 is 2.40 bits per heavy atom. The van der Waals surface area contributed by atoms with Crippen molar-refractivity contribution in [2.24, 2.45) is 16.3 Å². The van der Waals surface area contributed by atoms with Gasteiger partial charge in [-0.1, -0.05) is 64.3 Å². The Morgan fingerprint density at radius 2 is 1.83 bits per heavy atom.